The van der Waals surface area contributed by atoms with Crippen molar-refractivity contribution in [1.29, 1.82) is 0 Å². The lowest BCUT2D eigenvalue weighted by Gasteiger charge is -2.13. The number of hydrogen-bond donors (Lipinski definition) is 2. The summed E-state index contributed by atoms with van der Waals surface area (Å²) in [5.41, 5.74) is -0.540. The third-order valence-corrected chi connectivity index (χ3v) is 4.70. The van der Waals surface area contributed by atoms with Crippen LogP contribution in [0.4, 0.5) is 24.7 Å². The molecule has 0 aliphatic heterocycles. The van der Waals surface area contributed by atoms with E-state index >= 15 is 0 Å². The fourth-order valence-corrected chi connectivity index (χ4v) is 3.06. The Bertz CT molecular complexity index is 1130. The van der Waals surface area contributed by atoms with Crippen molar-refractivity contribution in [2.45, 2.75) is 38.8 Å². The van der Waals surface area contributed by atoms with Gasteiger partial charge in [0.1, 0.15) is 17.9 Å². The van der Waals surface area contributed by atoms with Gasteiger partial charge in [0.15, 0.2) is 0 Å². The average molecular weight is 472 g/mol. The Morgan fingerprint density at radius 2 is 1.71 bits per heavy atom. The van der Waals surface area contributed by atoms with Crippen molar-refractivity contribution in [2.24, 2.45) is 0 Å². The van der Waals surface area contributed by atoms with Gasteiger partial charge in [-0.25, -0.2) is 9.97 Å². The fraction of sp³-hybridized carbons (Fsp3) is 0.250. The Morgan fingerprint density at radius 1 is 0.971 bits per heavy atom. The molecule has 10 heteroatoms. The van der Waals surface area contributed by atoms with E-state index in [0.29, 0.717) is 23.7 Å². The van der Waals surface area contributed by atoms with Gasteiger partial charge in [-0.2, -0.15) is 13.2 Å². The number of carbonyl (C=O) groups excluding carboxylic acids is 2. The number of carbonyl (C=O) groups is 2. The minimum Gasteiger partial charge on any atom is -0.439 e. The Morgan fingerprint density at radius 3 is 2.41 bits per heavy atom. The maximum absolute atomic E-state index is 13.1. The van der Waals surface area contributed by atoms with Crippen molar-refractivity contribution < 1.29 is 27.5 Å². The minimum absolute atomic E-state index is 0.103. The molecule has 1 heterocycles. The molecule has 0 saturated carbocycles. The van der Waals surface area contributed by atoms with Gasteiger partial charge >= 0.3 is 6.18 Å². The van der Waals surface area contributed by atoms with Crippen LogP contribution in [0.5, 0.6) is 11.6 Å². The van der Waals surface area contributed by atoms with Crippen LogP contribution in [-0.4, -0.2) is 21.8 Å². The molecule has 3 rings (SSSR count). The molecule has 0 aliphatic carbocycles. The lowest BCUT2D eigenvalue weighted by molar-refractivity contribution is -0.138. The summed E-state index contributed by atoms with van der Waals surface area (Å²) in [4.78, 5) is 32.1. The summed E-state index contributed by atoms with van der Waals surface area (Å²) in [5, 5.41) is 5.25. The lowest BCUT2D eigenvalue weighted by atomic mass is 10.0. The number of alkyl halides is 3. The van der Waals surface area contributed by atoms with E-state index < -0.39 is 24.1 Å². The topological polar surface area (TPSA) is 93.2 Å². The van der Waals surface area contributed by atoms with E-state index in [1.807, 2.05) is 6.92 Å². The molecule has 2 aromatic carbocycles. The molecule has 0 aliphatic rings. The third kappa shape index (κ3) is 7.29. The molecule has 0 spiro atoms. The molecule has 0 atom stereocenters. The number of hydrogen-bond acceptors (Lipinski definition) is 5. The molecule has 34 heavy (non-hydrogen) atoms. The summed E-state index contributed by atoms with van der Waals surface area (Å²) in [7, 11) is 0. The zero-order chi connectivity index (χ0) is 24.6. The summed E-state index contributed by atoms with van der Waals surface area (Å²) in [6, 6.07) is 12.7. The number of halogens is 3. The molecular weight excluding hydrogens is 449 g/mol. The van der Waals surface area contributed by atoms with Crippen LogP contribution in [0.1, 0.15) is 37.3 Å². The molecule has 0 bridgehead atoms. The molecular formula is C24H23F3N4O3. The van der Waals surface area contributed by atoms with E-state index in [0.717, 1.165) is 18.9 Å². The minimum atomic E-state index is -4.53. The van der Waals surface area contributed by atoms with Crippen LogP contribution in [0.3, 0.4) is 0 Å². The number of benzene rings is 2. The molecule has 1 aromatic heterocycles. The van der Waals surface area contributed by atoms with Gasteiger partial charge in [-0.1, -0.05) is 31.5 Å². The summed E-state index contributed by atoms with van der Waals surface area (Å²) >= 11 is 0. The van der Waals surface area contributed by atoms with Crippen LogP contribution >= 0.6 is 0 Å². The molecule has 0 saturated heterocycles. The van der Waals surface area contributed by atoms with Gasteiger partial charge < -0.3 is 15.4 Å². The van der Waals surface area contributed by atoms with Gasteiger partial charge in [0.2, 0.25) is 17.7 Å². The summed E-state index contributed by atoms with van der Waals surface area (Å²) in [6.45, 7) is 1.99. The van der Waals surface area contributed by atoms with E-state index in [9.17, 15) is 22.8 Å². The van der Waals surface area contributed by atoms with Crippen LogP contribution < -0.4 is 15.4 Å². The van der Waals surface area contributed by atoms with Crippen LogP contribution in [0, 0.1) is 0 Å². The van der Waals surface area contributed by atoms with Crippen molar-refractivity contribution in [3.05, 3.63) is 72.1 Å². The average Bonchev–Trinajstić information content (AvgIpc) is 2.79. The van der Waals surface area contributed by atoms with E-state index in [4.69, 9.17) is 4.74 Å². The zero-order valence-electron chi connectivity index (χ0n) is 18.4. The van der Waals surface area contributed by atoms with E-state index in [1.54, 1.807) is 24.3 Å². The van der Waals surface area contributed by atoms with Crippen molar-refractivity contribution >= 4 is 23.3 Å². The molecule has 2 N–H and O–H groups in total. The lowest BCUT2D eigenvalue weighted by Crippen LogP contribution is -2.17. The predicted octanol–water partition coefficient (Wildman–Crippen LogP) is 5.60. The maximum atomic E-state index is 13.1. The van der Waals surface area contributed by atoms with Gasteiger partial charge in [0, 0.05) is 18.2 Å². The smallest absolute Gasteiger partial charge is 0.416 e. The highest BCUT2D eigenvalue weighted by Crippen LogP contribution is 2.32. The van der Waals surface area contributed by atoms with Crippen LogP contribution in [0.25, 0.3) is 0 Å². The van der Waals surface area contributed by atoms with Gasteiger partial charge in [0.25, 0.3) is 0 Å². The highest BCUT2D eigenvalue weighted by Gasteiger charge is 2.33. The largest absolute Gasteiger partial charge is 0.439 e. The standard InChI is InChI=1S/C24H23F3N4O3/c1-2-3-8-21(32)31-20-14-23(29-15-28-20)34-18-11-9-17(10-12-18)30-22(33)13-16-6-4-5-7-19(16)24(25,26)27/h4-7,9-12,14-15H,2-3,8,13H2,1H3,(H,30,33)(H,28,29,31,32). The maximum Gasteiger partial charge on any atom is 0.416 e. The number of rotatable bonds is 9. The Balaban J connectivity index is 1.58. The summed E-state index contributed by atoms with van der Waals surface area (Å²) in [6.07, 6.45) is -1.61. The van der Waals surface area contributed by atoms with E-state index in [2.05, 4.69) is 20.6 Å². The van der Waals surface area contributed by atoms with Gasteiger partial charge in [-0.05, 0) is 42.3 Å². The quantitative estimate of drug-likeness (QED) is 0.423. The second-order valence-electron chi connectivity index (χ2n) is 7.40. The van der Waals surface area contributed by atoms with E-state index in [-0.39, 0.29) is 17.4 Å². The first-order valence-corrected chi connectivity index (χ1v) is 10.6. The normalized spacial score (nSPS) is 11.1. The first kappa shape index (κ1) is 24.7. The number of anilines is 2. The summed E-state index contributed by atoms with van der Waals surface area (Å²) < 4.78 is 45.0. The second-order valence-corrected chi connectivity index (χ2v) is 7.40. The third-order valence-electron chi connectivity index (χ3n) is 4.70. The van der Waals surface area contributed by atoms with Crippen LogP contribution in [0.2, 0.25) is 0 Å². The molecule has 0 unspecified atom stereocenters. The molecule has 178 valence electrons. The fourth-order valence-electron chi connectivity index (χ4n) is 3.06. The predicted molar refractivity (Wildman–Crippen MR) is 120 cm³/mol. The van der Waals surface area contributed by atoms with Crippen molar-refractivity contribution in [2.75, 3.05) is 10.6 Å². The molecule has 2 amide bonds. The number of aromatic nitrogens is 2. The Hall–Kier alpha value is -3.95. The molecule has 7 nitrogen and oxygen atoms in total. The molecule has 3 aromatic rings. The number of unbranched alkanes of at least 4 members (excludes halogenated alkanes) is 1. The Labute approximate surface area is 194 Å². The van der Waals surface area contributed by atoms with Crippen molar-refractivity contribution in [1.82, 2.24) is 9.97 Å². The van der Waals surface area contributed by atoms with Gasteiger partial charge in [-0.15, -0.1) is 0 Å². The number of nitrogens with zero attached hydrogens (tertiary/aromatic N) is 2. The van der Waals surface area contributed by atoms with Gasteiger partial charge in [0.05, 0.1) is 12.0 Å². The first-order chi connectivity index (χ1) is 16.2. The molecule has 0 fully saturated rings. The van der Waals surface area contributed by atoms with Crippen molar-refractivity contribution in [3.63, 3.8) is 0 Å². The second kappa shape index (κ2) is 11.3. The highest BCUT2D eigenvalue weighted by molar-refractivity contribution is 5.92. The summed E-state index contributed by atoms with van der Waals surface area (Å²) in [5.74, 6) is 0.201. The van der Waals surface area contributed by atoms with E-state index in [1.165, 1.54) is 30.6 Å². The number of ether oxygens (including phenoxy) is 1. The SMILES string of the molecule is CCCCC(=O)Nc1cc(Oc2ccc(NC(=O)Cc3ccccc3C(F)(F)F)cc2)ncn1. The van der Waals surface area contributed by atoms with Crippen molar-refractivity contribution in [3.8, 4) is 11.6 Å². The zero-order valence-corrected chi connectivity index (χ0v) is 18.4. The molecule has 0 radical (unpaired) electrons. The Kier molecular flexibility index (Phi) is 8.18. The first-order valence-electron chi connectivity index (χ1n) is 10.6. The van der Waals surface area contributed by atoms with Gasteiger partial charge in [-0.3, -0.25) is 9.59 Å². The van der Waals surface area contributed by atoms with Crippen LogP contribution in [-0.2, 0) is 22.2 Å². The number of amides is 2. The van der Waals surface area contributed by atoms with Crippen LogP contribution in [0.15, 0.2) is 60.9 Å². The monoisotopic (exact) mass is 472 g/mol. The highest BCUT2D eigenvalue weighted by atomic mass is 19.4. The number of nitrogens with one attached hydrogen (secondary N) is 2.